The molecule has 3 amide bonds. The third-order valence-electron chi connectivity index (χ3n) is 5.65. The number of thiophene rings is 1. The fourth-order valence-electron chi connectivity index (χ4n) is 4.15. The molecule has 0 bridgehead atoms. The van der Waals surface area contributed by atoms with Crippen LogP contribution < -0.4 is 45.3 Å². The SMILES string of the molecule is CC1(C)S[C@@H]2C(NC(=O)C(NC(=O)c3cccs3)C3=CCC=CC3)C(=O)N2[C@H]1C(=O)[O-].[Na+]. The van der Waals surface area contributed by atoms with Crippen LogP contribution in [0, 0.1) is 0 Å². The Kier molecular flexibility index (Phi) is 7.61. The van der Waals surface area contributed by atoms with Crippen molar-refractivity contribution in [3.8, 4) is 0 Å². The van der Waals surface area contributed by atoms with Gasteiger partial charge in [-0.15, -0.1) is 23.1 Å². The smallest absolute Gasteiger partial charge is 0.548 e. The zero-order chi connectivity index (χ0) is 22.3. The number of hydrogen-bond acceptors (Lipinski definition) is 7. The maximum atomic E-state index is 13.2. The minimum Gasteiger partial charge on any atom is -0.548 e. The van der Waals surface area contributed by atoms with Gasteiger partial charge in [-0.25, -0.2) is 0 Å². The van der Waals surface area contributed by atoms with E-state index >= 15 is 0 Å². The standard InChI is InChI=1S/C21H23N3O5S2.Na/c1-21(2)15(20(28)29)24-18(27)14(19(24)31-21)23-17(26)13(11-7-4-3-5-8-11)22-16(25)12-9-6-10-30-12;/h3-4,6,8-10,13-15,19H,5,7H2,1-2H3,(H,22,25)(H,23,26)(H,28,29);/q;+1/p-1/t13?,14?,15-,19+;/m0./s1. The zero-order valence-electron chi connectivity index (χ0n) is 18.0. The Labute approximate surface area is 216 Å². The largest absolute Gasteiger partial charge is 1.00 e. The van der Waals surface area contributed by atoms with Gasteiger partial charge in [0.15, 0.2) is 0 Å². The average molecular weight is 484 g/mol. The summed E-state index contributed by atoms with van der Waals surface area (Å²) in [6.07, 6.45) is 6.98. The Morgan fingerprint density at radius 2 is 2.03 bits per heavy atom. The molecule has 0 radical (unpaired) electrons. The molecule has 0 spiro atoms. The molecule has 0 saturated carbocycles. The molecule has 164 valence electrons. The van der Waals surface area contributed by atoms with E-state index in [-0.39, 0.29) is 35.5 Å². The first-order valence-electron chi connectivity index (χ1n) is 9.90. The molecular formula is C21H22N3NaO5S2. The molecule has 4 rings (SSSR count). The van der Waals surface area contributed by atoms with E-state index in [9.17, 15) is 24.3 Å². The van der Waals surface area contributed by atoms with Gasteiger partial charge < -0.3 is 25.4 Å². The van der Waals surface area contributed by atoms with Crippen molar-refractivity contribution in [1.82, 2.24) is 15.5 Å². The minimum absolute atomic E-state index is 0. The van der Waals surface area contributed by atoms with Crippen molar-refractivity contribution >= 4 is 46.8 Å². The molecule has 3 aliphatic rings. The molecule has 1 aliphatic carbocycles. The van der Waals surface area contributed by atoms with Crippen LogP contribution in [0.4, 0.5) is 0 Å². The molecule has 2 aliphatic heterocycles. The van der Waals surface area contributed by atoms with E-state index in [0.717, 1.165) is 5.57 Å². The van der Waals surface area contributed by atoms with Crippen molar-refractivity contribution in [3.63, 3.8) is 0 Å². The maximum absolute atomic E-state index is 13.2. The fraction of sp³-hybridized carbons (Fsp3) is 0.429. The van der Waals surface area contributed by atoms with Crippen molar-refractivity contribution in [2.45, 2.75) is 54.9 Å². The van der Waals surface area contributed by atoms with Crippen molar-refractivity contribution in [2.24, 2.45) is 0 Å². The first-order chi connectivity index (χ1) is 14.7. The molecular weight excluding hydrogens is 461 g/mol. The van der Waals surface area contributed by atoms with Crippen LogP contribution in [0.1, 0.15) is 36.4 Å². The minimum atomic E-state index is -1.31. The van der Waals surface area contributed by atoms with Crippen LogP contribution in [0.15, 0.2) is 41.3 Å². The summed E-state index contributed by atoms with van der Waals surface area (Å²) in [6, 6.07) is 0.615. The van der Waals surface area contributed by atoms with Crippen LogP contribution in [0.25, 0.3) is 0 Å². The number of nitrogens with one attached hydrogen (secondary N) is 2. The summed E-state index contributed by atoms with van der Waals surface area (Å²) >= 11 is 2.60. The number of thioether (sulfide) groups is 1. The third-order valence-corrected chi connectivity index (χ3v) is 8.09. The van der Waals surface area contributed by atoms with Gasteiger partial charge in [0.05, 0.1) is 16.9 Å². The normalized spacial score (nSPS) is 26.2. The first kappa shape index (κ1) is 25.0. The van der Waals surface area contributed by atoms with Gasteiger partial charge in [0.2, 0.25) is 11.8 Å². The Hall–Kier alpha value is -1.59. The number of aliphatic carboxylic acids is 1. The summed E-state index contributed by atoms with van der Waals surface area (Å²) in [5.41, 5.74) is 0.751. The van der Waals surface area contributed by atoms with Gasteiger partial charge in [0.25, 0.3) is 5.91 Å². The van der Waals surface area contributed by atoms with E-state index in [1.807, 2.05) is 18.2 Å². The number of carboxylic acids is 1. The van der Waals surface area contributed by atoms with E-state index in [2.05, 4.69) is 10.6 Å². The number of nitrogens with zero attached hydrogens (tertiary/aromatic N) is 1. The van der Waals surface area contributed by atoms with E-state index in [0.29, 0.717) is 17.7 Å². The molecule has 0 aromatic carbocycles. The number of rotatable bonds is 6. The summed E-state index contributed by atoms with van der Waals surface area (Å²) in [5, 5.41) is 18.4. The first-order valence-corrected chi connectivity index (χ1v) is 11.7. The van der Waals surface area contributed by atoms with Gasteiger partial charge in [-0.1, -0.05) is 24.3 Å². The van der Waals surface area contributed by atoms with Crippen LogP contribution in [0.2, 0.25) is 0 Å². The van der Waals surface area contributed by atoms with Gasteiger partial charge in [-0.2, -0.15) is 0 Å². The molecule has 11 heteroatoms. The van der Waals surface area contributed by atoms with Crippen LogP contribution in [0.3, 0.4) is 0 Å². The number of amides is 3. The van der Waals surface area contributed by atoms with Crippen molar-refractivity contribution in [2.75, 3.05) is 0 Å². The van der Waals surface area contributed by atoms with Crippen LogP contribution in [-0.4, -0.2) is 56.8 Å². The number of β-lactam (4-membered cyclic amide) rings is 1. The van der Waals surface area contributed by atoms with Gasteiger partial charge in [0, 0.05) is 4.75 Å². The molecule has 8 nitrogen and oxygen atoms in total. The summed E-state index contributed by atoms with van der Waals surface area (Å²) in [6.45, 7) is 3.48. The molecule has 2 fully saturated rings. The maximum Gasteiger partial charge on any atom is 1.00 e. The van der Waals surface area contributed by atoms with Gasteiger partial charge in [-0.3, -0.25) is 14.4 Å². The summed E-state index contributed by atoms with van der Waals surface area (Å²) in [4.78, 5) is 51.8. The van der Waals surface area contributed by atoms with Crippen LogP contribution in [-0.2, 0) is 14.4 Å². The molecule has 2 unspecified atom stereocenters. The van der Waals surface area contributed by atoms with E-state index in [4.69, 9.17) is 0 Å². The Balaban J connectivity index is 0.00000289. The predicted octanol–water partition coefficient (Wildman–Crippen LogP) is -2.58. The topological polar surface area (TPSA) is 119 Å². The number of carbonyl (C=O) groups is 4. The monoisotopic (exact) mass is 483 g/mol. The van der Waals surface area contributed by atoms with Crippen molar-refractivity contribution in [1.29, 1.82) is 0 Å². The second kappa shape index (κ2) is 9.72. The number of allylic oxidation sites excluding steroid dienone is 3. The number of fused-ring (bicyclic) bond motifs is 1. The van der Waals surface area contributed by atoms with Crippen LogP contribution >= 0.6 is 23.1 Å². The molecule has 32 heavy (non-hydrogen) atoms. The van der Waals surface area contributed by atoms with Gasteiger partial charge >= 0.3 is 29.6 Å². The molecule has 3 heterocycles. The van der Waals surface area contributed by atoms with Gasteiger partial charge in [-0.05, 0) is 43.7 Å². The summed E-state index contributed by atoms with van der Waals surface area (Å²) in [5.74, 6) is -2.61. The van der Waals surface area contributed by atoms with Gasteiger partial charge in [0.1, 0.15) is 17.5 Å². The van der Waals surface area contributed by atoms with E-state index in [1.165, 1.54) is 28.0 Å². The Morgan fingerprint density at radius 1 is 1.28 bits per heavy atom. The molecule has 4 atom stereocenters. The second-order valence-corrected chi connectivity index (χ2v) is 10.9. The third kappa shape index (κ3) is 4.56. The average Bonchev–Trinajstić information content (AvgIpc) is 3.35. The summed E-state index contributed by atoms with van der Waals surface area (Å²) < 4.78 is -0.734. The van der Waals surface area contributed by atoms with Crippen molar-refractivity contribution in [3.05, 3.63) is 46.2 Å². The Bertz CT molecular complexity index is 992. The fourth-order valence-corrected chi connectivity index (χ4v) is 6.40. The molecule has 2 saturated heterocycles. The molecule has 1 aromatic rings. The van der Waals surface area contributed by atoms with E-state index < -0.39 is 46.0 Å². The Morgan fingerprint density at radius 3 is 2.62 bits per heavy atom. The molecule has 1 aromatic heterocycles. The zero-order valence-corrected chi connectivity index (χ0v) is 21.6. The number of hydrogen-bond donors (Lipinski definition) is 2. The quantitative estimate of drug-likeness (QED) is 0.261. The molecule has 2 N–H and O–H groups in total. The van der Waals surface area contributed by atoms with Crippen molar-refractivity contribution < 1.29 is 53.8 Å². The predicted molar refractivity (Wildman–Crippen MR) is 115 cm³/mol. The van der Waals surface area contributed by atoms with E-state index in [1.54, 1.807) is 31.4 Å². The van der Waals surface area contributed by atoms with Crippen LogP contribution in [0.5, 0.6) is 0 Å². The summed E-state index contributed by atoms with van der Waals surface area (Å²) in [7, 11) is 0. The number of carbonyl (C=O) groups excluding carboxylic acids is 4. The number of carboxylic acid groups (broad SMARTS) is 1. The second-order valence-electron chi connectivity index (χ2n) is 8.14.